The largest absolute Gasteiger partial charge is 0.469 e. The van der Waals surface area contributed by atoms with E-state index in [1.165, 1.54) is 7.11 Å². The SMILES string of the molecule is COC(=O)CCCCCNC(=O)CCn1ccnn1. The van der Waals surface area contributed by atoms with Crippen molar-refractivity contribution in [2.24, 2.45) is 0 Å². The maximum absolute atomic E-state index is 11.5. The highest BCUT2D eigenvalue weighted by atomic mass is 16.5. The Morgan fingerprint density at radius 2 is 2.11 bits per heavy atom. The predicted octanol–water partition coefficient (Wildman–Crippen LogP) is 0.518. The standard InChI is InChI=1S/C12H20N4O3/c1-19-12(18)5-3-2-4-7-13-11(17)6-9-16-10-8-14-15-16/h8,10H,2-7,9H2,1H3,(H,13,17). The third-order valence-corrected chi connectivity index (χ3v) is 2.65. The first-order valence-electron chi connectivity index (χ1n) is 6.40. The molecule has 0 atom stereocenters. The number of unbranched alkanes of at least 4 members (excludes halogenated alkanes) is 2. The minimum absolute atomic E-state index is 0.00321. The van der Waals surface area contributed by atoms with Crippen LogP contribution >= 0.6 is 0 Å². The third kappa shape index (κ3) is 7.17. The molecule has 7 nitrogen and oxygen atoms in total. The van der Waals surface area contributed by atoms with Crippen LogP contribution in [0.1, 0.15) is 32.1 Å². The Morgan fingerprint density at radius 1 is 1.26 bits per heavy atom. The van der Waals surface area contributed by atoms with Crippen molar-refractivity contribution < 1.29 is 14.3 Å². The van der Waals surface area contributed by atoms with Crippen LogP contribution in [0.25, 0.3) is 0 Å². The third-order valence-electron chi connectivity index (χ3n) is 2.65. The van der Waals surface area contributed by atoms with Crippen molar-refractivity contribution in [3.8, 4) is 0 Å². The monoisotopic (exact) mass is 268 g/mol. The Labute approximate surface area is 112 Å². The van der Waals surface area contributed by atoms with Gasteiger partial charge in [-0.2, -0.15) is 0 Å². The molecule has 0 aromatic carbocycles. The van der Waals surface area contributed by atoms with Crippen molar-refractivity contribution in [1.29, 1.82) is 0 Å². The van der Waals surface area contributed by atoms with Gasteiger partial charge in [-0.25, -0.2) is 0 Å². The fourth-order valence-electron chi connectivity index (χ4n) is 1.56. The lowest BCUT2D eigenvalue weighted by molar-refractivity contribution is -0.140. The zero-order valence-electron chi connectivity index (χ0n) is 11.2. The number of esters is 1. The van der Waals surface area contributed by atoms with Gasteiger partial charge in [0.2, 0.25) is 5.91 Å². The quantitative estimate of drug-likeness (QED) is 0.521. The molecule has 0 radical (unpaired) electrons. The van der Waals surface area contributed by atoms with E-state index in [-0.39, 0.29) is 11.9 Å². The van der Waals surface area contributed by atoms with Gasteiger partial charge in [0.05, 0.1) is 19.9 Å². The molecule has 19 heavy (non-hydrogen) atoms. The van der Waals surface area contributed by atoms with E-state index in [0.717, 1.165) is 19.3 Å². The van der Waals surface area contributed by atoms with Crippen LogP contribution in [0.4, 0.5) is 0 Å². The number of carbonyl (C=O) groups excluding carboxylic acids is 2. The lowest BCUT2D eigenvalue weighted by atomic mass is 10.2. The van der Waals surface area contributed by atoms with Crippen LogP contribution in [-0.4, -0.2) is 40.5 Å². The minimum atomic E-state index is -0.183. The van der Waals surface area contributed by atoms with Crippen LogP contribution in [0.2, 0.25) is 0 Å². The number of aromatic nitrogens is 3. The van der Waals surface area contributed by atoms with E-state index in [9.17, 15) is 9.59 Å². The number of nitrogens with one attached hydrogen (secondary N) is 1. The Hall–Kier alpha value is -1.92. The highest BCUT2D eigenvalue weighted by Gasteiger charge is 2.02. The molecule has 1 aromatic heterocycles. The molecule has 0 bridgehead atoms. The Kier molecular flexibility index (Phi) is 7.23. The molecule has 1 amide bonds. The van der Waals surface area contributed by atoms with E-state index in [0.29, 0.717) is 25.9 Å². The lowest BCUT2D eigenvalue weighted by Crippen LogP contribution is -2.25. The van der Waals surface area contributed by atoms with Gasteiger partial charge in [-0.15, -0.1) is 5.10 Å². The van der Waals surface area contributed by atoms with E-state index >= 15 is 0 Å². The molecular formula is C12H20N4O3. The molecule has 0 saturated heterocycles. The topological polar surface area (TPSA) is 86.1 Å². The summed E-state index contributed by atoms with van der Waals surface area (Å²) >= 11 is 0. The number of hydrogen-bond acceptors (Lipinski definition) is 5. The second-order valence-corrected chi connectivity index (χ2v) is 4.15. The average Bonchev–Trinajstić information content (AvgIpc) is 2.93. The van der Waals surface area contributed by atoms with Crippen molar-refractivity contribution in [3.63, 3.8) is 0 Å². The number of methoxy groups -OCH3 is 1. The first-order valence-corrected chi connectivity index (χ1v) is 6.40. The zero-order valence-corrected chi connectivity index (χ0v) is 11.2. The molecule has 0 unspecified atom stereocenters. The van der Waals surface area contributed by atoms with Gasteiger partial charge < -0.3 is 10.1 Å². The molecule has 0 aliphatic heterocycles. The molecule has 1 aromatic rings. The summed E-state index contributed by atoms with van der Waals surface area (Å²) in [6, 6.07) is 0. The molecule has 0 aliphatic carbocycles. The lowest BCUT2D eigenvalue weighted by Gasteiger charge is -2.05. The van der Waals surface area contributed by atoms with Crippen LogP contribution in [0, 0.1) is 0 Å². The van der Waals surface area contributed by atoms with Crippen LogP contribution in [0.5, 0.6) is 0 Å². The Balaban J connectivity index is 1.94. The predicted molar refractivity (Wildman–Crippen MR) is 68.1 cm³/mol. The number of aryl methyl sites for hydroxylation is 1. The van der Waals surface area contributed by atoms with E-state index < -0.39 is 0 Å². The van der Waals surface area contributed by atoms with Gasteiger partial charge in [0.15, 0.2) is 0 Å². The molecule has 0 spiro atoms. The maximum atomic E-state index is 11.5. The summed E-state index contributed by atoms with van der Waals surface area (Å²) in [4.78, 5) is 22.3. The summed E-state index contributed by atoms with van der Waals surface area (Å²) in [5, 5.41) is 10.3. The summed E-state index contributed by atoms with van der Waals surface area (Å²) < 4.78 is 6.16. The first kappa shape index (κ1) is 15.1. The number of hydrogen-bond donors (Lipinski definition) is 1. The van der Waals surface area contributed by atoms with Crippen molar-refractivity contribution in [1.82, 2.24) is 20.3 Å². The first-order chi connectivity index (χ1) is 9.22. The van der Waals surface area contributed by atoms with Crippen molar-refractivity contribution in [2.45, 2.75) is 38.6 Å². The van der Waals surface area contributed by atoms with E-state index in [4.69, 9.17) is 0 Å². The molecule has 0 saturated carbocycles. The Morgan fingerprint density at radius 3 is 2.79 bits per heavy atom. The van der Waals surface area contributed by atoms with Gasteiger partial charge in [-0.05, 0) is 12.8 Å². The van der Waals surface area contributed by atoms with Gasteiger partial charge in [0.25, 0.3) is 0 Å². The number of ether oxygens (including phenoxy) is 1. The molecule has 1 heterocycles. The van der Waals surface area contributed by atoms with Gasteiger partial charge in [-0.3, -0.25) is 14.3 Å². The summed E-state index contributed by atoms with van der Waals surface area (Å²) in [7, 11) is 1.39. The molecule has 1 rings (SSSR count). The maximum Gasteiger partial charge on any atom is 0.305 e. The molecule has 106 valence electrons. The molecule has 0 fully saturated rings. The number of carbonyl (C=O) groups is 2. The molecule has 1 N–H and O–H groups in total. The fraction of sp³-hybridized carbons (Fsp3) is 0.667. The van der Waals surface area contributed by atoms with Gasteiger partial charge in [0, 0.05) is 25.6 Å². The van der Waals surface area contributed by atoms with Crippen molar-refractivity contribution in [2.75, 3.05) is 13.7 Å². The van der Waals surface area contributed by atoms with Gasteiger partial charge >= 0.3 is 5.97 Å². The smallest absolute Gasteiger partial charge is 0.305 e. The van der Waals surface area contributed by atoms with E-state index in [2.05, 4.69) is 20.4 Å². The molecular weight excluding hydrogens is 248 g/mol. The summed E-state index contributed by atoms with van der Waals surface area (Å²) in [6.07, 6.45) is 6.70. The van der Waals surface area contributed by atoms with Crippen LogP contribution in [-0.2, 0) is 20.9 Å². The second-order valence-electron chi connectivity index (χ2n) is 4.15. The number of amides is 1. The van der Waals surface area contributed by atoms with Crippen molar-refractivity contribution >= 4 is 11.9 Å². The van der Waals surface area contributed by atoms with E-state index in [1.807, 2.05) is 0 Å². The highest BCUT2D eigenvalue weighted by Crippen LogP contribution is 2.00. The van der Waals surface area contributed by atoms with Gasteiger partial charge in [0.1, 0.15) is 0 Å². The van der Waals surface area contributed by atoms with Crippen LogP contribution in [0.3, 0.4) is 0 Å². The van der Waals surface area contributed by atoms with E-state index in [1.54, 1.807) is 17.1 Å². The normalized spacial score (nSPS) is 10.2. The van der Waals surface area contributed by atoms with Crippen LogP contribution in [0.15, 0.2) is 12.4 Å². The fourth-order valence-corrected chi connectivity index (χ4v) is 1.56. The second kappa shape index (κ2) is 9.07. The minimum Gasteiger partial charge on any atom is -0.469 e. The zero-order chi connectivity index (χ0) is 13.9. The number of rotatable bonds is 9. The summed E-state index contributed by atoms with van der Waals surface area (Å²) in [5.41, 5.74) is 0. The average molecular weight is 268 g/mol. The van der Waals surface area contributed by atoms with Gasteiger partial charge in [-0.1, -0.05) is 11.6 Å². The molecule has 0 aliphatic rings. The highest BCUT2D eigenvalue weighted by molar-refractivity contribution is 5.75. The Bertz CT molecular complexity index is 378. The number of nitrogens with zero attached hydrogens (tertiary/aromatic N) is 3. The molecule has 7 heteroatoms. The summed E-state index contributed by atoms with van der Waals surface area (Å²) in [6.45, 7) is 1.17. The van der Waals surface area contributed by atoms with Crippen molar-refractivity contribution in [3.05, 3.63) is 12.4 Å². The summed E-state index contributed by atoms with van der Waals surface area (Å²) in [5.74, 6) is -0.180. The van der Waals surface area contributed by atoms with Crippen LogP contribution < -0.4 is 5.32 Å².